The fraction of sp³-hybridized carbons (Fsp3) is 1.00. The van der Waals surface area contributed by atoms with Crippen molar-refractivity contribution in [2.24, 2.45) is 11.8 Å². The Balaban J connectivity index is 3.58. The normalized spacial score (nSPS) is 14.2. The molecule has 2 heteroatoms. The van der Waals surface area contributed by atoms with Crippen LogP contribution in [0.5, 0.6) is 0 Å². The lowest BCUT2D eigenvalue weighted by molar-refractivity contribution is -0.0562. The molecule has 0 amide bonds. The van der Waals surface area contributed by atoms with Crippen molar-refractivity contribution in [3.8, 4) is 0 Å². The van der Waals surface area contributed by atoms with Crippen LogP contribution in [0.1, 0.15) is 46.5 Å². The summed E-state index contributed by atoms with van der Waals surface area (Å²) in [6, 6.07) is 0. The fourth-order valence-corrected chi connectivity index (χ4v) is 1.65. The average molecular weight is 174 g/mol. The minimum atomic E-state index is -1.13. The van der Waals surface area contributed by atoms with Crippen LogP contribution in [0.4, 0.5) is 0 Å². The molecule has 1 unspecified atom stereocenters. The zero-order chi connectivity index (χ0) is 9.56. The van der Waals surface area contributed by atoms with Crippen LogP contribution in [0.25, 0.3) is 0 Å². The first kappa shape index (κ1) is 11.9. The van der Waals surface area contributed by atoms with E-state index < -0.39 is 6.29 Å². The lowest BCUT2D eigenvalue weighted by Gasteiger charge is -2.18. The van der Waals surface area contributed by atoms with Crippen LogP contribution in [0.15, 0.2) is 0 Å². The molecule has 0 aliphatic rings. The summed E-state index contributed by atoms with van der Waals surface area (Å²) >= 11 is 0. The van der Waals surface area contributed by atoms with E-state index in [1.807, 2.05) is 0 Å². The Morgan fingerprint density at radius 2 is 1.50 bits per heavy atom. The van der Waals surface area contributed by atoms with Crippen LogP contribution in [0.3, 0.4) is 0 Å². The highest BCUT2D eigenvalue weighted by Gasteiger charge is 2.12. The van der Waals surface area contributed by atoms with Crippen molar-refractivity contribution in [1.82, 2.24) is 0 Å². The van der Waals surface area contributed by atoms with Gasteiger partial charge in [-0.15, -0.1) is 0 Å². The van der Waals surface area contributed by atoms with Crippen molar-refractivity contribution in [3.63, 3.8) is 0 Å². The van der Waals surface area contributed by atoms with Crippen LogP contribution in [0.2, 0.25) is 0 Å². The minimum Gasteiger partial charge on any atom is -0.368 e. The molecule has 12 heavy (non-hydrogen) atoms. The highest BCUT2D eigenvalue weighted by atomic mass is 16.5. The largest absolute Gasteiger partial charge is 0.368 e. The Morgan fingerprint density at radius 3 is 1.83 bits per heavy atom. The molecule has 1 atom stereocenters. The van der Waals surface area contributed by atoms with Crippen LogP contribution < -0.4 is 0 Å². The van der Waals surface area contributed by atoms with Gasteiger partial charge in [0.05, 0.1) is 0 Å². The topological polar surface area (TPSA) is 40.5 Å². The first-order valence-corrected chi connectivity index (χ1v) is 4.96. The van der Waals surface area contributed by atoms with Gasteiger partial charge in [0, 0.05) is 6.42 Å². The van der Waals surface area contributed by atoms with E-state index in [1.54, 1.807) is 0 Å². The van der Waals surface area contributed by atoms with Gasteiger partial charge < -0.3 is 10.2 Å². The van der Waals surface area contributed by atoms with E-state index in [2.05, 4.69) is 20.8 Å². The predicted molar refractivity (Wildman–Crippen MR) is 50.7 cm³/mol. The Hall–Kier alpha value is -0.0800. The van der Waals surface area contributed by atoms with Gasteiger partial charge in [-0.1, -0.05) is 33.6 Å². The summed E-state index contributed by atoms with van der Waals surface area (Å²) in [6.45, 7) is 6.46. The minimum absolute atomic E-state index is 0.426. The maximum atomic E-state index is 8.74. The first-order chi connectivity index (χ1) is 5.60. The standard InChI is InChI=1S/C10H22O2/c1-4-9(5-2)6-8(3)7-10(11)12/h8-12H,4-7H2,1-3H3. The van der Waals surface area contributed by atoms with E-state index >= 15 is 0 Å². The van der Waals surface area contributed by atoms with Gasteiger partial charge in [-0.05, 0) is 18.3 Å². The summed E-state index contributed by atoms with van der Waals surface area (Å²) in [7, 11) is 0. The summed E-state index contributed by atoms with van der Waals surface area (Å²) in [4.78, 5) is 0. The Morgan fingerprint density at radius 1 is 1.00 bits per heavy atom. The molecule has 0 rings (SSSR count). The second kappa shape index (κ2) is 6.44. The Labute approximate surface area is 75.6 Å². The number of aliphatic hydroxyl groups is 2. The third-order valence-electron chi connectivity index (χ3n) is 2.50. The van der Waals surface area contributed by atoms with E-state index in [0.29, 0.717) is 12.3 Å². The molecule has 0 aromatic carbocycles. The molecule has 0 spiro atoms. The number of hydrogen-bond acceptors (Lipinski definition) is 2. The van der Waals surface area contributed by atoms with Crippen molar-refractivity contribution in [2.45, 2.75) is 52.7 Å². The van der Waals surface area contributed by atoms with Gasteiger partial charge in [0.15, 0.2) is 6.29 Å². The monoisotopic (exact) mass is 174 g/mol. The molecule has 0 aromatic rings. The van der Waals surface area contributed by atoms with Gasteiger partial charge in [0.25, 0.3) is 0 Å². The van der Waals surface area contributed by atoms with Crippen LogP contribution in [-0.2, 0) is 0 Å². The highest BCUT2D eigenvalue weighted by molar-refractivity contribution is 4.61. The van der Waals surface area contributed by atoms with E-state index in [9.17, 15) is 0 Å². The van der Waals surface area contributed by atoms with Crippen molar-refractivity contribution in [3.05, 3.63) is 0 Å². The zero-order valence-corrected chi connectivity index (χ0v) is 8.45. The smallest absolute Gasteiger partial charge is 0.151 e. The SMILES string of the molecule is CCC(CC)CC(C)CC(O)O. The molecule has 0 aliphatic carbocycles. The fourth-order valence-electron chi connectivity index (χ4n) is 1.65. The van der Waals surface area contributed by atoms with E-state index in [0.717, 1.165) is 12.3 Å². The molecule has 0 bridgehead atoms. The zero-order valence-electron chi connectivity index (χ0n) is 8.45. The van der Waals surface area contributed by atoms with Crippen molar-refractivity contribution in [1.29, 1.82) is 0 Å². The van der Waals surface area contributed by atoms with E-state index in [4.69, 9.17) is 10.2 Å². The Kier molecular flexibility index (Phi) is 6.39. The Bertz CT molecular complexity index is 98.0. The lowest BCUT2D eigenvalue weighted by atomic mass is 9.90. The predicted octanol–water partition coefficient (Wildman–Crippen LogP) is 2.15. The van der Waals surface area contributed by atoms with E-state index in [1.165, 1.54) is 12.8 Å². The molecule has 0 heterocycles. The molecule has 0 radical (unpaired) electrons. The third-order valence-corrected chi connectivity index (χ3v) is 2.50. The molecule has 0 aromatic heterocycles. The van der Waals surface area contributed by atoms with E-state index in [-0.39, 0.29) is 0 Å². The van der Waals surface area contributed by atoms with Gasteiger partial charge in [-0.2, -0.15) is 0 Å². The third kappa shape index (κ3) is 5.56. The molecule has 0 saturated carbocycles. The second-order valence-electron chi connectivity index (χ2n) is 3.74. The summed E-state index contributed by atoms with van der Waals surface area (Å²) in [6.07, 6.45) is 2.89. The molecule has 0 saturated heterocycles. The maximum absolute atomic E-state index is 8.74. The van der Waals surface area contributed by atoms with Gasteiger partial charge >= 0.3 is 0 Å². The summed E-state index contributed by atoms with van der Waals surface area (Å²) in [5, 5.41) is 17.5. The van der Waals surface area contributed by atoms with Gasteiger partial charge in [-0.3, -0.25) is 0 Å². The maximum Gasteiger partial charge on any atom is 0.151 e. The van der Waals surface area contributed by atoms with Crippen LogP contribution >= 0.6 is 0 Å². The molecular weight excluding hydrogens is 152 g/mol. The molecule has 0 fully saturated rings. The molecule has 2 nitrogen and oxygen atoms in total. The highest BCUT2D eigenvalue weighted by Crippen LogP contribution is 2.21. The van der Waals surface area contributed by atoms with Crippen LogP contribution in [-0.4, -0.2) is 16.5 Å². The lowest BCUT2D eigenvalue weighted by Crippen LogP contribution is -2.13. The van der Waals surface area contributed by atoms with Crippen molar-refractivity contribution in [2.75, 3.05) is 0 Å². The average Bonchev–Trinajstić information content (AvgIpc) is 1.98. The quantitative estimate of drug-likeness (QED) is 0.606. The second-order valence-corrected chi connectivity index (χ2v) is 3.74. The van der Waals surface area contributed by atoms with Crippen molar-refractivity contribution < 1.29 is 10.2 Å². The summed E-state index contributed by atoms with van der Waals surface area (Å²) in [5.41, 5.74) is 0. The number of hydrogen-bond donors (Lipinski definition) is 2. The number of rotatable bonds is 6. The summed E-state index contributed by atoms with van der Waals surface area (Å²) < 4.78 is 0. The van der Waals surface area contributed by atoms with Crippen LogP contribution in [0, 0.1) is 11.8 Å². The van der Waals surface area contributed by atoms with Gasteiger partial charge in [-0.25, -0.2) is 0 Å². The van der Waals surface area contributed by atoms with Gasteiger partial charge in [0.2, 0.25) is 0 Å². The first-order valence-electron chi connectivity index (χ1n) is 4.96. The van der Waals surface area contributed by atoms with Crippen molar-refractivity contribution >= 4 is 0 Å². The molecular formula is C10H22O2. The molecule has 2 N–H and O–H groups in total. The van der Waals surface area contributed by atoms with Gasteiger partial charge in [0.1, 0.15) is 0 Å². The molecule has 74 valence electrons. The number of aliphatic hydroxyl groups excluding tert-OH is 1. The molecule has 0 aliphatic heterocycles. The summed E-state index contributed by atoms with van der Waals surface area (Å²) in [5.74, 6) is 1.17.